The average Bonchev–Trinajstić information content (AvgIpc) is 2.74. The van der Waals surface area contributed by atoms with Crippen LogP contribution in [0.1, 0.15) is 21.6 Å². The van der Waals surface area contributed by atoms with Crippen molar-refractivity contribution in [3.05, 3.63) is 41.2 Å². The molecule has 0 aliphatic carbocycles. The number of rotatable bonds is 5. The third kappa shape index (κ3) is 2.90. The second kappa shape index (κ2) is 5.64. The van der Waals surface area contributed by atoms with Crippen LogP contribution in [0.5, 0.6) is 5.75 Å². The number of carboxylic acids is 1. The number of aryl methyl sites for hydroxylation is 2. The van der Waals surface area contributed by atoms with Gasteiger partial charge in [0.15, 0.2) is 0 Å². The monoisotopic (exact) mass is 275 g/mol. The smallest absolute Gasteiger partial charge is 0.335 e. The van der Waals surface area contributed by atoms with Crippen LogP contribution < -0.4 is 10.1 Å². The van der Waals surface area contributed by atoms with Gasteiger partial charge in [-0.2, -0.15) is 5.10 Å². The van der Waals surface area contributed by atoms with Crippen molar-refractivity contribution in [3.63, 3.8) is 0 Å². The quantitative estimate of drug-likeness (QED) is 0.873. The molecule has 0 atom stereocenters. The third-order valence-corrected chi connectivity index (χ3v) is 3.03. The Balaban J connectivity index is 2.21. The van der Waals surface area contributed by atoms with E-state index < -0.39 is 5.97 Å². The summed E-state index contributed by atoms with van der Waals surface area (Å²) in [7, 11) is 3.42. The van der Waals surface area contributed by atoms with Crippen LogP contribution in [0.2, 0.25) is 0 Å². The average molecular weight is 275 g/mol. The number of aromatic carboxylic acids is 1. The first-order chi connectivity index (χ1) is 9.51. The van der Waals surface area contributed by atoms with Crippen molar-refractivity contribution >= 4 is 11.7 Å². The fraction of sp³-hybridized carbons (Fsp3) is 0.286. The van der Waals surface area contributed by atoms with Gasteiger partial charge in [-0.3, -0.25) is 4.68 Å². The van der Waals surface area contributed by atoms with Gasteiger partial charge in [-0.25, -0.2) is 4.79 Å². The van der Waals surface area contributed by atoms with Gasteiger partial charge in [-0.1, -0.05) is 0 Å². The molecule has 20 heavy (non-hydrogen) atoms. The lowest BCUT2D eigenvalue weighted by molar-refractivity contribution is 0.0697. The van der Waals surface area contributed by atoms with Crippen LogP contribution in [-0.4, -0.2) is 28.0 Å². The van der Waals surface area contributed by atoms with Crippen LogP contribution in [-0.2, 0) is 13.6 Å². The normalized spacial score (nSPS) is 10.3. The minimum Gasteiger partial charge on any atom is -0.495 e. The molecule has 1 heterocycles. The fourth-order valence-electron chi connectivity index (χ4n) is 1.99. The molecule has 0 aliphatic heterocycles. The largest absolute Gasteiger partial charge is 0.495 e. The first-order valence-corrected chi connectivity index (χ1v) is 6.15. The Labute approximate surface area is 117 Å². The molecule has 0 radical (unpaired) electrons. The molecule has 2 aromatic rings. The molecule has 0 bridgehead atoms. The zero-order valence-corrected chi connectivity index (χ0v) is 11.7. The SMILES string of the molecule is COc1ccc(C(=O)O)cc1NCc1cn(C)nc1C. The Morgan fingerprint density at radius 1 is 1.50 bits per heavy atom. The van der Waals surface area contributed by atoms with Crippen LogP contribution in [0.15, 0.2) is 24.4 Å². The Bertz CT molecular complexity index is 635. The van der Waals surface area contributed by atoms with Crippen molar-refractivity contribution in [2.24, 2.45) is 7.05 Å². The standard InChI is InChI=1S/C14H17N3O3/c1-9-11(8-17(2)16-9)7-15-12-6-10(14(18)19)4-5-13(12)20-3/h4-6,8,15H,7H2,1-3H3,(H,18,19). The van der Waals surface area contributed by atoms with E-state index in [1.54, 1.807) is 23.9 Å². The highest BCUT2D eigenvalue weighted by Crippen LogP contribution is 2.26. The lowest BCUT2D eigenvalue weighted by atomic mass is 10.1. The molecular weight excluding hydrogens is 258 g/mol. The van der Waals surface area contributed by atoms with Gasteiger partial charge in [0, 0.05) is 25.4 Å². The van der Waals surface area contributed by atoms with Gasteiger partial charge in [0.2, 0.25) is 0 Å². The molecule has 2 rings (SSSR count). The number of hydrogen-bond donors (Lipinski definition) is 2. The van der Waals surface area contributed by atoms with E-state index >= 15 is 0 Å². The van der Waals surface area contributed by atoms with Crippen molar-refractivity contribution in [1.29, 1.82) is 0 Å². The van der Waals surface area contributed by atoms with E-state index in [-0.39, 0.29) is 5.56 Å². The molecule has 0 spiro atoms. The molecule has 6 heteroatoms. The molecule has 0 saturated carbocycles. The van der Waals surface area contributed by atoms with Crippen LogP contribution in [0.25, 0.3) is 0 Å². The van der Waals surface area contributed by atoms with E-state index in [0.717, 1.165) is 11.3 Å². The lowest BCUT2D eigenvalue weighted by Crippen LogP contribution is -2.04. The maximum Gasteiger partial charge on any atom is 0.335 e. The number of aromatic nitrogens is 2. The molecule has 0 fully saturated rings. The van der Waals surface area contributed by atoms with Crippen LogP contribution in [0.4, 0.5) is 5.69 Å². The summed E-state index contributed by atoms with van der Waals surface area (Å²) in [5.74, 6) is -0.357. The van der Waals surface area contributed by atoms with Gasteiger partial charge >= 0.3 is 5.97 Å². The molecule has 1 aromatic heterocycles. The van der Waals surface area contributed by atoms with Gasteiger partial charge in [-0.05, 0) is 25.1 Å². The molecule has 0 amide bonds. The lowest BCUT2D eigenvalue weighted by Gasteiger charge is -2.11. The number of anilines is 1. The summed E-state index contributed by atoms with van der Waals surface area (Å²) < 4.78 is 6.97. The van der Waals surface area contributed by atoms with Crippen LogP contribution in [0.3, 0.4) is 0 Å². The number of benzene rings is 1. The maximum atomic E-state index is 11.0. The molecule has 2 N–H and O–H groups in total. The first kappa shape index (κ1) is 13.9. The topological polar surface area (TPSA) is 76.4 Å². The Morgan fingerprint density at radius 2 is 2.25 bits per heavy atom. The zero-order chi connectivity index (χ0) is 14.7. The van der Waals surface area contributed by atoms with E-state index in [0.29, 0.717) is 18.0 Å². The molecule has 1 aromatic carbocycles. The van der Waals surface area contributed by atoms with Crippen molar-refractivity contribution in [2.75, 3.05) is 12.4 Å². The fourth-order valence-corrected chi connectivity index (χ4v) is 1.99. The van der Waals surface area contributed by atoms with Gasteiger partial charge in [0.25, 0.3) is 0 Å². The third-order valence-electron chi connectivity index (χ3n) is 3.03. The van der Waals surface area contributed by atoms with Gasteiger partial charge < -0.3 is 15.2 Å². The number of nitrogens with zero attached hydrogens (tertiary/aromatic N) is 2. The van der Waals surface area contributed by atoms with Gasteiger partial charge in [0.05, 0.1) is 24.1 Å². The minimum atomic E-state index is -0.965. The van der Waals surface area contributed by atoms with Gasteiger partial charge in [0.1, 0.15) is 5.75 Å². The van der Waals surface area contributed by atoms with Crippen molar-refractivity contribution in [1.82, 2.24) is 9.78 Å². The van der Waals surface area contributed by atoms with Crippen molar-refractivity contribution < 1.29 is 14.6 Å². The predicted molar refractivity (Wildman–Crippen MR) is 75.2 cm³/mol. The van der Waals surface area contributed by atoms with E-state index in [2.05, 4.69) is 10.4 Å². The highest BCUT2D eigenvalue weighted by molar-refractivity contribution is 5.89. The molecule has 6 nitrogen and oxygen atoms in total. The van der Waals surface area contributed by atoms with E-state index in [1.807, 2.05) is 20.2 Å². The Kier molecular flexibility index (Phi) is 3.93. The second-order valence-electron chi connectivity index (χ2n) is 4.49. The number of methoxy groups -OCH3 is 1. The van der Waals surface area contributed by atoms with Gasteiger partial charge in [-0.15, -0.1) is 0 Å². The summed E-state index contributed by atoms with van der Waals surface area (Å²) in [5, 5.41) is 16.5. The van der Waals surface area contributed by atoms with E-state index in [9.17, 15) is 4.79 Å². The number of carboxylic acid groups (broad SMARTS) is 1. The number of carbonyl (C=O) groups is 1. The summed E-state index contributed by atoms with van der Waals surface area (Å²) in [5.41, 5.74) is 2.86. The summed E-state index contributed by atoms with van der Waals surface area (Å²) in [4.78, 5) is 11.0. The zero-order valence-electron chi connectivity index (χ0n) is 11.7. The number of ether oxygens (including phenoxy) is 1. The molecular formula is C14H17N3O3. The summed E-state index contributed by atoms with van der Waals surface area (Å²) in [6.07, 6.45) is 1.93. The molecule has 0 unspecified atom stereocenters. The van der Waals surface area contributed by atoms with Crippen molar-refractivity contribution in [2.45, 2.75) is 13.5 Å². The maximum absolute atomic E-state index is 11.0. The van der Waals surface area contributed by atoms with Crippen molar-refractivity contribution in [3.8, 4) is 5.75 Å². The van der Waals surface area contributed by atoms with E-state index in [4.69, 9.17) is 9.84 Å². The summed E-state index contributed by atoms with van der Waals surface area (Å²) in [6, 6.07) is 4.72. The van der Waals surface area contributed by atoms with Crippen LogP contribution >= 0.6 is 0 Å². The van der Waals surface area contributed by atoms with E-state index in [1.165, 1.54) is 6.07 Å². The predicted octanol–water partition coefficient (Wildman–Crippen LogP) is 2.05. The minimum absolute atomic E-state index is 0.219. The molecule has 106 valence electrons. The number of hydrogen-bond acceptors (Lipinski definition) is 4. The molecule has 0 saturated heterocycles. The van der Waals surface area contributed by atoms with Crippen LogP contribution in [0, 0.1) is 6.92 Å². The summed E-state index contributed by atoms with van der Waals surface area (Å²) in [6.45, 7) is 2.49. The highest BCUT2D eigenvalue weighted by Gasteiger charge is 2.10. The Hall–Kier alpha value is -2.50. The summed E-state index contributed by atoms with van der Waals surface area (Å²) >= 11 is 0. The highest BCUT2D eigenvalue weighted by atomic mass is 16.5. The Morgan fingerprint density at radius 3 is 2.80 bits per heavy atom. The second-order valence-corrected chi connectivity index (χ2v) is 4.49. The first-order valence-electron chi connectivity index (χ1n) is 6.15. The number of nitrogens with one attached hydrogen (secondary N) is 1. The molecule has 0 aliphatic rings.